The Morgan fingerprint density at radius 1 is 1.26 bits per heavy atom. The maximum absolute atomic E-state index is 13.0. The van der Waals surface area contributed by atoms with Gasteiger partial charge in [-0.25, -0.2) is 4.98 Å². The number of imidazole rings is 1. The fourth-order valence-electron chi connectivity index (χ4n) is 5.09. The summed E-state index contributed by atoms with van der Waals surface area (Å²) in [6.07, 6.45) is 4.30. The summed E-state index contributed by atoms with van der Waals surface area (Å²) in [6.45, 7) is 5.60. The first-order valence-electron chi connectivity index (χ1n) is 9.30. The number of benzene rings is 1. The highest BCUT2D eigenvalue weighted by atomic mass is 16.5. The summed E-state index contributed by atoms with van der Waals surface area (Å²) in [5.41, 5.74) is 0.488. The van der Waals surface area contributed by atoms with Crippen molar-refractivity contribution in [3.63, 3.8) is 0 Å². The maximum Gasteiger partial charge on any atom is 0.314 e. The van der Waals surface area contributed by atoms with Crippen molar-refractivity contribution in [2.75, 3.05) is 20.2 Å². The molecular formula is C21H25N3O3. The molecule has 1 aliphatic carbocycles. The summed E-state index contributed by atoms with van der Waals surface area (Å²) < 4.78 is 6.94. The van der Waals surface area contributed by atoms with Crippen molar-refractivity contribution in [1.82, 2.24) is 14.5 Å². The molecule has 2 fully saturated rings. The van der Waals surface area contributed by atoms with Crippen molar-refractivity contribution in [1.29, 1.82) is 0 Å². The molecule has 1 amide bonds. The smallest absolute Gasteiger partial charge is 0.314 e. The molecule has 0 radical (unpaired) electrons. The van der Waals surface area contributed by atoms with Gasteiger partial charge in [-0.2, -0.15) is 0 Å². The number of amides is 1. The van der Waals surface area contributed by atoms with Crippen molar-refractivity contribution < 1.29 is 14.3 Å². The van der Waals surface area contributed by atoms with Crippen LogP contribution in [0.25, 0.3) is 11.4 Å². The van der Waals surface area contributed by atoms with E-state index in [2.05, 4.69) is 18.8 Å². The summed E-state index contributed by atoms with van der Waals surface area (Å²) in [4.78, 5) is 31.7. The molecule has 1 aromatic heterocycles. The number of likely N-dealkylation sites (tertiary alicyclic amines) is 1. The Morgan fingerprint density at radius 3 is 2.67 bits per heavy atom. The maximum atomic E-state index is 13.0. The van der Waals surface area contributed by atoms with Crippen LogP contribution in [0.5, 0.6) is 0 Å². The SMILES string of the molecule is COC(=O)[C@@]12CN(C(=O)Cn3ccnc3-c3ccccc3)C[C@@H]1C(C)(C)C2. The Morgan fingerprint density at radius 2 is 2.00 bits per heavy atom. The summed E-state index contributed by atoms with van der Waals surface area (Å²) in [6, 6.07) is 9.82. The standard InChI is InChI=1S/C21H25N3O3/c1-20(2)13-21(19(26)27-3)14-24(11-16(20)21)17(25)12-23-10-9-22-18(23)15-7-5-4-6-8-15/h4-10,16H,11-14H2,1-3H3/t16-,21+/m1/s1. The minimum absolute atomic E-state index is 0.0126. The van der Waals surface area contributed by atoms with E-state index in [-0.39, 0.29) is 29.8 Å². The molecule has 0 N–H and O–H groups in total. The van der Waals surface area contributed by atoms with Crippen LogP contribution in [0.3, 0.4) is 0 Å². The molecule has 1 aliphatic heterocycles. The molecule has 4 rings (SSSR count). The Labute approximate surface area is 159 Å². The van der Waals surface area contributed by atoms with Crippen LogP contribution in [0.15, 0.2) is 42.7 Å². The van der Waals surface area contributed by atoms with E-state index >= 15 is 0 Å². The van der Waals surface area contributed by atoms with E-state index in [4.69, 9.17) is 4.74 Å². The van der Waals surface area contributed by atoms with Gasteiger partial charge in [-0.05, 0) is 17.8 Å². The number of esters is 1. The minimum Gasteiger partial charge on any atom is -0.469 e. The lowest BCUT2D eigenvalue weighted by Gasteiger charge is -2.54. The van der Waals surface area contributed by atoms with Crippen LogP contribution in [-0.4, -0.2) is 46.5 Å². The van der Waals surface area contributed by atoms with E-state index in [0.29, 0.717) is 13.1 Å². The number of carbonyl (C=O) groups excluding carboxylic acids is 2. The normalized spacial score (nSPS) is 25.6. The van der Waals surface area contributed by atoms with Gasteiger partial charge in [-0.1, -0.05) is 44.2 Å². The lowest BCUT2D eigenvalue weighted by atomic mass is 9.48. The van der Waals surface area contributed by atoms with Crippen molar-refractivity contribution in [2.45, 2.75) is 26.8 Å². The van der Waals surface area contributed by atoms with Crippen LogP contribution in [0.2, 0.25) is 0 Å². The third-order valence-corrected chi connectivity index (χ3v) is 6.26. The summed E-state index contributed by atoms with van der Waals surface area (Å²) in [5, 5.41) is 0. The molecule has 1 saturated carbocycles. The number of hydrogen-bond donors (Lipinski definition) is 0. The highest BCUT2D eigenvalue weighted by Gasteiger charge is 2.67. The van der Waals surface area contributed by atoms with Gasteiger partial charge in [-0.3, -0.25) is 9.59 Å². The van der Waals surface area contributed by atoms with E-state index in [1.54, 1.807) is 6.20 Å². The number of rotatable bonds is 4. The van der Waals surface area contributed by atoms with Gasteiger partial charge in [0.15, 0.2) is 0 Å². The Hall–Kier alpha value is -2.63. The van der Waals surface area contributed by atoms with Gasteiger partial charge >= 0.3 is 5.97 Å². The molecule has 6 heteroatoms. The molecule has 2 atom stereocenters. The van der Waals surface area contributed by atoms with Crippen molar-refractivity contribution >= 4 is 11.9 Å². The molecule has 2 aromatic rings. The first kappa shape index (κ1) is 17.8. The Balaban J connectivity index is 1.53. The van der Waals surface area contributed by atoms with Crippen molar-refractivity contribution in [2.24, 2.45) is 16.7 Å². The lowest BCUT2D eigenvalue weighted by Crippen LogP contribution is -2.57. The average molecular weight is 367 g/mol. The molecule has 1 saturated heterocycles. The fraction of sp³-hybridized carbons (Fsp3) is 0.476. The topological polar surface area (TPSA) is 64.4 Å². The highest BCUT2D eigenvalue weighted by molar-refractivity contribution is 5.83. The van der Waals surface area contributed by atoms with E-state index < -0.39 is 5.41 Å². The zero-order chi connectivity index (χ0) is 19.2. The van der Waals surface area contributed by atoms with Gasteiger partial charge in [0.05, 0.1) is 12.5 Å². The van der Waals surface area contributed by atoms with Gasteiger partial charge in [0, 0.05) is 31.0 Å². The van der Waals surface area contributed by atoms with E-state index in [9.17, 15) is 9.59 Å². The molecule has 27 heavy (non-hydrogen) atoms. The molecule has 1 aromatic carbocycles. The molecule has 0 bridgehead atoms. The summed E-state index contributed by atoms with van der Waals surface area (Å²) >= 11 is 0. The van der Waals surface area contributed by atoms with Gasteiger partial charge in [0.1, 0.15) is 12.4 Å². The fourth-order valence-corrected chi connectivity index (χ4v) is 5.09. The molecule has 0 spiro atoms. The summed E-state index contributed by atoms with van der Waals surface area (Å²) in [5.74, 6) is 0.750. The lowest BCUT2D eigenvalue weighted by molar-refractivity contribution is -0.174. The van der Waals surface area contributed by atoms with E-state index in [0.717, 1.165) is 17.8 Å². The largest absolute Gasteiger partial charge is 0.469 e. The van der Waals surface area contributed by atoms with Crippen LogP contribution in [0.4, 0.5) is 0 Å². The number of nitrogens with zero attached hydrogens (tertiary/aromatic N) is 3. The summed E-state index contributed by atoms with van der Waals surface area (Å²) in [7, 11) is 1.43. The van der Waals surface area contributed by atoms with Crippen LogP contribution in [0.1, 0.15) is 20.3 Å². The van der Waals surface area contributed by atoms with Crippen molar-refractivity contribution in [3.8, 4) is 11.4 Å². The predicted octanol–water partition coefficient (Wildman–Crippen LogP) is 2.60. The number of hydrogen-bond acceptors (Lipinski definition) is 4. The number of fused-ring (bicyclic) bond motifs is 1. The van der Waals surface area contributed by atoms with Gasteiger partial charge in [0.25, 0.3) is 0 Å². The molecule has 142 valence electrons. The first-order valence-corrected chi connectivity index (χ1v) is 9.30. The van der Waals surface area contributed by atoms with Gasteiger partial charge in [0.2, 0.25) is 5.91 Å². The second-order valence-corrected chi connectivity index (χ2v) is 8.38. The van der Waals surface area contributed by atoms with Crippen molar-refractivity contribution in [3.05, 3.63) is 42.7 Å². The van der Waals surface area contributed by atoms with E-state index in [1.807, 2.05) is 46.0 Å². The average Bonchev–Trinajstić information content (AvgIpc) is 3.25. The highest BCUT2D eigenvalue weighted by Crippen LogP contribution is 2.63. The monoisotopic (exact) mass is 367 g/mol. The van der Waals surface area contributed by atoms with Crippen LogP contribution in [-0.2, 0) is 20.9 Å². The predicted molar refractivity (Wildman–Crippen MR) is 101 cm³/mol. The Bertz CT molecular complexity index is 874. The molecule has 2 aliphatic rings. The zero-order valence-electron chi connectivity index (χ0n) is 16.0. The van der Waals surface area contributed by atoms with Crippen LogP contribution in [0, 0.1) is 16.7 Å². The van der Waals surface area contributed by atoms with Gasteiger partial charge < -0.3 is 14.2 Å². The molecule has 0 unspecified atom stereocenters. The first-order chi connectivity index (χ1) is 12.9. The van der Waals surface area contributed by atoms with Crippen LogP contribution >= 0.6 is 0 Å². The second kappa shape index (κ2) is 6.22. The number of carbonyl (C=O) groups is 2. The third kappa shape index (κ3) is 2.74. The minimum atomic E-state index is -0.537. The second-order valence-electron chi connectivity index (χ2n) is 8.38. The quantitative estimate of drug-likeness (QED) is 0.779. The molecule has 2 heterocycles. The van der Waals surface area contributed by atoms with E-state index in [1.165, 1.54) is 7.11 Å². The van der Waals surface area contributed by atoms with Gasteiger partial charge in [-0.15, -0.1) is 0 Å². The van der Waals surface area contributed by atoms with Crippen LogP contribution < -0.4 is 0 Å². The molecule has 6 nitrogen and oxygen atoms in total. The third-order valence-electron chi connectivity index (χ3n) is 6.26. The number of methoxy groups -OCH3 is 1. The zero-order valence-corrected chi connectivity index (χ0v) is 16.0. The number of ether oxygens (including phenoxy) is 1. The Kier molecular flexibility index (Phi) is 4.09. The number of aromatic nitrogens is 2. The molecular weight excluding hydrogens is 342 g/mol.